The summed E-state index contributed by atoms with van der Waals surface area (Å²) in [5.74, 6) is -0.232. The zero-order chi connectivity index (χ0) is 13.1. The monoisotopic (exact) mass is 260 g/mol. The van der Waals surface area contributed by atoms with E-state index < -0.39 is 0 Å². The van der Waals surface area contributed by atoms with Crippen LogP contribution in [0.25, 0.3) is 11.6 Å². The Morgan fingerprint density at radius 3 is 2.28 bits per heavy atom. The van der Waals surface area contributed by atoms with Gasteiger partial charge in [0.1, 0.15) is 0 Å². The maximum Gasteiger partial charge on any atom is 0.157 e. The summed E-state index contributed by atoms with van der Waals surface area (Å²) in [6, 6.07) is 12.3. The smallest absolute Gasteiger partial charge is 0.157 e. The van der Waals surface area contributed by atoms with Gasteiger partial charge in [-0.05, 0) is 47.9 Å². The fourth-order valence-electron chi connectivity index (χ4n) is 1.68. The number of hydrogen-bond acceptors (Lipinski definition) is 2. The average Bonchev–Trinajstić information content (AvgIpc) is 2.34. The van der Waals surface area contributed by atoms with Gasteiger partial charge in [0.15, 0.2) is 11.5 Å². The van der Waals surface area contributed by atoms with Crippen LogP contribution in [0.1, 0.15) is 18.1 Å². The number of phenolic OH excluding ortho intramolecular Hbond substituents is 2. The second kappa shape index (κ2) is 5.15. The topological polar surface area (TPSA) is 40.5 Å². The van der Waals surface area contributed by atoms with Crippen molar-refractivity contribution in [2.24, 2.45) is 0 Å². The van der Waals surface area contributed by atoms with Crippen molar-refractivity contribution in [2.45, 2.75) is 6.92 Å². The normalized spacial score (nSPS) is 11.6. The van der Waals surface area contributed by atoms with Crippen LogP contribution in [0.3, 0.4) is 0 Å². The van der Waals surface area contributed by atoms with Crippen molar-refractivity contribution < 1.29 is 10.2 Å². The highest BCUT2D eigenvalue weighted by molar-refractivity contribution is 6.30. The predicted octanol–water partition coefficient (Wildman–Crippen LogP) is 4.31. The molecule has 18 heavy (non-hydrogen) atoms. The van der Waals surface area contributed by atoms with E-state index in [1.54, 1.807) is 6.07 Å². The lowest BCUT2D eigenvalue weighted by atomic mass is 10.0. The number of hydrogen-bond donors (Lipinski definition) is 2. The van der Waals surface area contributed by atoms with Gasteiger partial charge in [0.2, 0.25) is 0 Å². The first-order chi connectivity index (χ1) is 8.56. The highest BCUT2D eigenvalue weighted by atomic mass is 35.5. The lowest BCUT2D eigenvalue weighted by Crippen LogP contribution is -1.80. The van der Waals surface area contributed by atoms with Crippen LogP contribution in [0.4, 0.5) is 0 Å². The summed E-state index contributed by atoms with van der Waals surface area (Å²) in [6.45, 7) is 1.98. The van der Waals surface area contributed by atoms with Gasteiger partial charge in [0, 0.05) is 5.02 Å². The van der Waals surface area contributed by atoms with Crippen LogP contribution in [0, 0.1) is 0 Å². The molecule has 0 fully saturated rings. The Bertz CT molecular complexity index is 586. The molecule has 0 unspecified atom stereocenters. The van der Waals surface area contributed by atoms with E-state index >= 15 is 0 Å². The molecule has 0 aliphatic rings. The standard InChI is InChI=1S/C15H13ClO2/c1-10(12-3-5-13(16)6-4-12)8-11-2-7-14(17)15(18)9-11/h2-9,17-18H,1H3/b10-8+. The Balaban J connectivity index is 2.32. The van der Waals surface area contributed by atoms with E-state index in [9.17, 15) is 10.2 Å². The summed E-state index contributed by atoms with van der Waals surface area (Å²) in [5, 5.41) is 19.4. The molecule has 0 saturated carbocycles. The van der Waals surface area contributed by atoms with Crippen molar-refractivity contribution >= 4 is 23.3 Å². The van der Waals surface area contributed by atoms with Crippen molar-refractivity contribution in [3.05, 3.63) is 58.6 Å². The van der Waals surface area contributed by atoms with Gasteiger partial charge in [-0.1, -0.05) is 35.9 Å². The van der Waals surface area contributed by atoms with Crippen molar-refractivity contribution in [3.63, 3.8) is 0 Å². The second-order valence-electron chi connectivity index (χ2n) is 4.08. The van der Waals surface area contributed by atoms with Gasteiger partial charge >= 0.3 is 0 Å². The molecule has 2 aromatic rings. The summed E-state index contributed by atoms with van der Waals surface area (Å²) < 4.78 is 0. The van der Waals surface area contributed by atoms with Crippen LogP contribution in [0.15, 0.2) is 42.5 Å². The molecule has 0 amide bonds. The third-order valence-electron chi connectivity index (χ3n) is 2.68. The van der Waals surface area contributed by atoms with Crippen LogP contribution >= 0.6 is 11.6 Å². The molecule has 2 N–H and O–H groups in total. The van der Waals surface area contributed by atoms with E-state index in [0.717, 1.165) is 16.7 Å². The van der Waals surface area contributed by atoms with Crippen LogP contribution in [-0.2, 0) is 0 Å². The van der Waals surface area contributed by atoms with E-state index in [4.69, 9.17) is 11.6 Å². The number of phenols is 2. The molecular weight excluding hydrogens is 248 g/mol. The summed E-state index contributed by atoms with van der Waals surface area (Å²) >= 11 is 5.83. The Morgan fingerprint density at radius 1 is 1.00 bits per heavy atom. The minimum absolute atomic E-state index is 0.115. The number of aromatic hydroxyl groups is 2. The van der Waals surface area contributed by atoms with Gasteiger partial charge < -0.3 is 10.2 Å². The zero-order valence-electron chi connectivity index (χ0n) is 9.89. The quantitative estimate of drug-likeness (QED) is 0.624. The largest absolute Gasteiger partial charge is 0.504 e. The first kappa shape index (κ1) is 12.5. The van der Waals surface area contributed by atoms with Crippen molar-refractivity contribution in [1.82, 2.24) is 0 Å². The highest BCUT2D eigenvalue weighted by Crippen LogP contribution is 2.27. The van der Waals surface area contributed by atoms with Gasteiger partial charge in [-0.3, -0.25) is 0 Å². The SMILES string of the molecule is C/C(=C\c1ccc(O)c(O)c1)c1ccc(Cl)cc1. The molecule has 2 nitrogen and oxygen atoms in total. The predicted molar refractivity (Wildman–Crippen MR) is 74.8 cm³/mol. The third-order valence-corrected chi connectivity index (χ3v) is 2.93. The molecule has 0 aliphatic heterocycles. The Labute approximate surface area is 111 Å². The fraction of sp³-hybridized carbons (Fsp3) is 0.0667. The van der Waals surface area contributed by atoms with Gasteiger partial charge in [-0.25, -0.2) is 0 Å². The molecule has 92 valence electrons. The summed E-state index contributed by atoms with van der Waals surface area (Å²) in [4.78, 5) is 0. The minimum atomic E-state index is -0.118. The van der Waals surface area contributed by atoms with E-state index in [0.29, 0.717) is 5.02 Å². The third kappa shape index (κ3) is 2.84. The molecule has 2 aromatic carbocycles. The zero-order valence-corrected chi connectivity index (χ0v) is 10.6. The molecule has 2 rings (SSSR count). The minimum Gasteiger partial charge on any atom is -0.504 e. The van der Waals surface area contributed by atoms with Crippen molar-refractivity contribution in [2.75, 3.05) is 0 Å². The Morgan fingerprint density at radius 2 is 1.67 bits per heavy atom. The molecule has 0 aromatic heterocycles. The molecule has 3 heteroatoms. The molecule has 0 heterocycles. The summed E-state index contributed by atoms with van der Waals surface area (Å²) in [7, 11) is 0. The lowest BCUT2D eigenvalue weighted by molar-refractivity contribution is 0.403. The number of halogens is 1. The molecule has 0 radical (unpaired) electrons. The fourth-order valence-corrected chi connectivity index (χ4v) is 1.80. The number of allylic oxidation sites excluding steroid dienone is 1. The van der Waals surface area contributed by atoms with Gasteiger partial charge in [-0.2, -0.15) is 0 Å². The summed E-state index contributed by atoms with van der Waals surface area (Å²) in [5.41, 5.74) is 2.95. The van der Waals surface area contributed by atoms with E-state index in [2.05, 4.69) is 0 Å². The number of rotatable bonds is 2. The molecule has 0 bridgehead atoms. The maximum atomic E-state index is 9.42. The lowest BCUT2D eigenvalue weighted by Gasteiger charge is -2.03. The Kier molecular flexibility index (Phi) is 3.58. The maximum absolute atomic E-state index is 9.42. The first-order valence-corrected chi connectivity index (χ1v) is 5.90. The van der Waals surface area contributed by atoms with Gasteiger partial charge in [-0.15, -0.1) is 0 Å². The number of benzene rings is 2. The average molecular weight is 261 g/mol. The molecule has 0 aliphatic carbocycles. The highest BCUT2D eigenvalue weighted by Gasteiger charge is 2.00. The first-order valence-electron chi connectivity index (χ1n) is 5.52. The second-order valence-corrected chi connectivity index (χ2v) is 4.52. The van der Waals surface area contributed by atoms with Crippen LogP contribution in [-0.4, -0.2) is 10.2 Å². The molecule has 0 saturated heterocycles. The van der Waals surface area contributed by atoms with Crippen molar-refractivity contribution in [1.29, 1.82) is 0 Å². The van der Waals surface area contributed by atoms with Crippen LogP contribution in [0.2, 0.25) is 5.02 Å². The van der Waals surface area contributed by atoms with E-state index in [-0.39, 0.29) is 11.5 Å². The Hall–Kier alpha value is -1.93. The van der Waals surface area contributed by atoms with Crippen LogP contribution in [0.5, 0.6) is 11.5 Å². The van der Waals surface area contributed by atoms with Crippen LogP contribution < -0.4 is 0 Å². The molecule has 0 atom stereocenters. The van der Waals surface area contributed by atoms with Gasteiger partial charge in [0.05, 0.1) is 0 Å². The van der Waals surface area contributed by atoms with Gasteiger partial charge in [0.25, 0.3) is 0 Å². The van der Waals surface area contributed by atoms with E-state index in [1.807, 2.05) is 37.3 Å². The summed E-state index contributed by atoms with van der Waals surface area (Å²) in [6.07, 6.45) is 1.93. The molecular formula is C15H13ClO2. The van der Waals surface area contributed by atoms with Crippen molar-refractivity contribution in [3.8, 4) is 11.5 Å². The molecule has 0 spiro atoms. The van der Waals surface area contributed by atoms with E-state index in [1.165, 1.54) is 12.1 Å².